The number of methoxy groups -OCH3 is 2. The average Bonchev–Trinajstić information content (AvgIpc) is 2.94. The molecule has 4 nitrogen and oxygen atoms in total. The Morgan fingerprint density at radius 1 is 0.581 bits per heavy atom. The highest BCUT2D eigenvalue weighted by Crippen LogP contribution is 2.35. The number of carbonyl (C=O) groups excluding carboxylic acids is 1. The molecule has 1 aliphatic carbocycles. The molecule has 0 aromatic heterocycles. The number of allylic oxidation sites excluding steroid dienone is 13. The third-order valence-corrected chi connectivity index (χ3v) is 7.99. The molecule has 1 aliphatic rings. The van der Waals surface area contributed by atoms with E-state index >= 15 is 0 Å². The second kappa shape index (κ2) is 21.0. The smallest absolute Gasteiger partial charge is 0.227 e. The van der Waals surface area contributed by atoms with Crippen LogP contribution in [-0.4, -0.2) is 25.1 Å². The Labute approximate surface area is 263 Å². The first-order chi connectivity index (χ1) is 20.4. The summed E-state index contributed by atoms with van der Waals surface area (Å²) in [5, 5.41) is 10.4. The molecule has 0 aromatic rings. The summed E-state index contributed by atoms with van der Waals surface area (Å²) in [5.74, 6) is -0.0725. The lowest BCUT2D eigenvalue weighted by molar-refractivity contribution is -0.116. The van der Waals surface area contributed by atoms with Gasteiger partial charge < -0.3 is 14.6 Å². The molecule has 0 atom stereocenters. The van der Waals surface area contributed by atoms with Crippen molar-refractivity contribution in [2.45, 2.75) is 126 Å². The van der Waals surface area contributed by atoms with Crippen molar-refractivity contribution < 1.29 is 19.4 Å². The van der Waals surface area contributed by atoms with E-state index in [1.165, 1.54) is 54.1 Å². The first-order valence-corrected chi connectivity index (χ1v) is 16.0. The number of ketones is 1. The van der Waals surface area contributed by atoms with E-state index in [-0.39, 0.29) is 23.4 Å². The van der Waals surface area contributed by atoms with E-state index in [2.05, 4.69) is 84.9 Å². The van der Waals surface area contributed by atoms with Crippen molar-refractivity contribution >= 4 is 5.78 Å². The van der Waals surface area contributed by atoms with Crippen LogP contribution in [0.25, 0.3) is 0 Å². The van der Waals surface area contributed by atoms with E-state index in [1.54, 1.807) is 6.92 Å². The SMILES string of the molecule is COC1=C(OC)C(=O)C(C/C=C(\C)CC/C=C(\C)CC/C=C(\C)CC/C=C(\C)CC/C=C(\C)CCC=C(C)C)=C(C)[C]1O. The van der Waals surface area contributed by atoms with Gasteiger partial charge in [0.25, 0.3) is 0 Å². The number of aliphatic hydroxyl groups is 1. The fourth-order valence-electron chi connectivity index (χ4n) is 5.01. The number of ether oxygens (including phenoxy) is 2. The molecule has 43 heavy (non-hydrogen) atoms. The Hall–Kier alpha value is -2.85. The average molecular weight is 592 g/mol. The van der Waals surface area contributed by atoms with Crippen LogP contribution >= 0.6 is 0 Å². The van der Waals surface area contributed by atoms with Crippen LogP contribution in [0.5, 0.6) is 0 Å². The molecular formula is C39H59O4. The first kappa shape index (κ1) is 38.2. The van der Waals surface area contributed by atoms with Gasteiger partial charge in [-0.05, 0) is 132 Å². The minimum absolute atomic E-state index is 0.0330. The van der Waals surface area contributed by atoms with Gasteiger partial charge in [-0.2, -0.15) is 0 Å². The van der Waals surface area contributed by atoms with Gasteiger partial charge in [0.2, 0.25) is 11.5 Å². The molecule has 0 aromatic carbocycles. The first-order valence-electron chi connectivity index (χ1n) is 16.0. The number of rotatable bonds is 19. The standard InChI is InChI=1S/C39H59O4/c1-28(2)16-11-17-29(3)18-12-19-30(4)20-13-21-31(5)22-14-23-32(6)24-15-25-33(7)26-27-35-34(8)36(40)38(42-9)39(43-10)37(35)41/h16,18,20,22,24,26,40H,11-15,17,19,21,23,25,27H2,1-10H3/b29-18+,30-20+,31-22+,32-24+,33-26+. The van der Waals surface area contributed by atoms with E-state index in [4.69, 9.17) is 9.47 Å². The Morgan fingerprint density at radius 3 is 1.28 bits per heavy atom. The van der Waals surface area contributed by atoms with E-state index in [0.717, 1.165) is 57.8 Å². The molecule has 0 unspecified atom stereocenters. The summed E-state index contributed by atoms with van der Waals surface area (Å²) in [6, 6.07) is 0. The van der Waals surface area contributed by atoms with Gasteiger partial charge in [-0.3, -0.25) is 4.79 Å². The largest absolute Gasteiger partial charge is 0.494 e. The summed E-state index contributed by atoms with van der Waals surface area (Å²) in [4.78, 5) is 12.8. The van der Waals surface area contributed by atoms with Gasteiger partial charge in [-0.1, -0.05) is 69.9 Å². The van der Waals surface area contributed by atoms with E-state index in [0.29, 0.717) is 17.6 Å². The summed E-state index contributed by atoms with van der Waals surface area (Å²) < 4.78 is 10.4. The normalized spacial score (nSPS) is 16.3. The van der Waals surface area contributed by atoms with Crippen molar-refractivity contribution in [3.8, 4) is 0 Å². The Bertz CT molecular complexity index is 1160. The highest BCUT2D eigenvalue weighted by molar-refractivity contribution is 6.09. The van der Waals surface area contributed by atoms with E-state index < -0.39 is 0 Å². The number of hydrogen-bond donors (Lipinski definition) is 1. The van der Waals surface area contributed by atoms with Crippen molar-refractivity contribution in [2.24, 2.45) is 0 Å². The highest BCUT2D eigenvalue weighted by atomic mass is 16.5. The maximum Gasteiger partial charge on any atom is 0.227 e. The molecule has 0 amide bonds. The predicted octanol–water partition coefficient (Wildman–Crippen LogP) is 11.3. The molecule has 0 saturated carbocycles. The monoisotopic (exact) mass is 591 g/mol. The van der Waals surface area contributed by atoms with Crippen molar-refractivity contribution in [2.75, 3.05) is 14.2 Å². The maximum absolute atomic E-state index is 12.8. The molecule has 1 rings (SSSR count). The molecule has 1 radical (unpaired) electrons. The molecule has 0 spiro atoms. The number of hydrogen-bond acceptors (Lipinski definition) is 4. The van der Waals surface area contributed by atoms with Gasteiger partial charge in [-0.25, -0.2) is 0 Å². The molecule has 4 heteroatoms. The Morgan fingerprint density at radius 2 is 0.930 bits per heavy atom. The van der Waals surface area contributed by atoms with Crippen LogP contribution in [-0.2, 0) is 14.3 Å². The van der Waals surface area contributed by atoms with E-state index in [1.807, 2.05) is 0 Å². The quantitative estimate of drug-likeness (QED) is 0.152. The topological polar surface area (TPSA) is 55.8 Å². The van der Waals surface area contributed by atoms with Gasteiger partial charge in [-0.15, -0.1) is 0 Å². The van der Waals surface area contributed by atoms with Gasteiger partial charge in [0, 0.05) is 5.57 Å². The van der Waals surface area contributed by atoms with Crippen LogP contribution in [0, 0.1) is 6.10 Å². The van der Waals surface area contributed by atoms with Crippen LogP contribution in [0.2, 0.25) is 0 Å². The second-order valence-electron chi connectivity index (χ2n) is 12.3. The predicted molar refractivity (Wildman–Crippen MR) is 183 cm³/mol. The van der Waals surface area contributed by atoms with Crippen molar-refractivity contribution in [1.29, 1.82) is 0 Å². The summed E-state index contributed by atoms with van der Waals surface area (Å²) in [6.07, 6.45) is 25.3. The van der Waals surface area contributed by atoms with Gasteiger partial charge in [0.05, 0.1) is 14.2 Å². The molecule has 0 heterocycles. The van der Waals surface area contributed by atoms with Crippen LogP contribution in [0.4, 0.5) is 0 Å². The Balaban J connectivity index is 2.41. The lowest BCUT2D eigenvalue weighted by Crippen LogP contribution is -2.23. The number of carbonyl (C=O) groups is 1. The zero-order valence-corrected chi connectivity index (χ0v) is 28.9. The van der Waals surface area contributed by atoms with E-state index in [9.17, 15) is 9.90 Å². The molecular weight excluding hydrogens is 532 g/mol. The zero-order valence-electron chi connectivity index (χ0n) is 28.9. The number of aliphatic hydroxyl groups excluding tert-OH is 1. The summed E-state index contributed by atoms with van der Waals surface area (Å²) >= 11 is 0. The second-order valence-corrected chi connectivity index (χ2v) is 12.3. The van der Waals surface area contributed by atoms with Crippen LogP contribution in [0.1, 0.15) is 126 Å². The summed E-state index contributed by atoms with van der Waals surface area (Å²) in [7, 11) is 2.84. The molecule has 0 aliphatic heterocycles. The van der Waals surface area contributed by atoms with Crippen LogP contribution in [0.15, 0.2) is 92.6 Å². The van der Waals surface area contributed by atoms with Crippen LogP contribution in [0.3, 0.4) is 0 Å². The lowest BCUT2D eigenvalue weighted by atomic mass is 9.89. The third kappa shape index (κ3) is 14.9. The van der Waals surface area contributed by atoms with Crippen LogP contribution < -0.4 is 0 Å². The third-order valence-electron chi connectivity index (χ3n) is 7.99. The highest BCUT2D eigenvalue weighted by Gasteiger charge is 2.35. The molecule has 0 bridgehead atoms. The minimum atomic E-state index is -0.229. The molecule has 1 N–H and O–H groups in total. The van der Waals surface area contributed by atoms with Crippen molar-refractivity contribution in [1.82, 2.24) is 0 Å². The Kier molecular flexibility index (Phi) is 18.6. The maximum atomic E-state index is 12.8. The number of Topliss-reactive ketones (excluding diaryl/α,β-unsaturated/α-hetero) is 1. The van der Waals surface area contributed by atoms with Gasteiger partial charge >= 0.3 is 0 Å². The molecule has 0 saturated heterocycles. The fourth-order valence-corrected chi connectivity index (χ4v) is 5.01. The van der Waals surface area contributed by atoms with Gasteiger partial charge in [0.15, 0.2) is 11.9 Å². The molecule has 239 valence electrons. The summed E-state index contributed by atoms with van der Waals surface area (Å²) in [5.41, 5.74) is 9.60. The van der Waals surface area contributed by atoms with Gasteiger partial charge in [0.1, 0.15) is 0 Å². The minimum Gasteiger partial charge on any atom is -0.494 e. The fraction of sp³-hybridized carbons (Fsp3) is 0.538. The zero-order chi connectivity index (χ0) is 32.4. The van der Waals surface area contributed by atoms with Crippen molar-refractivity contribution in [3.05, 3.63) is 98.7 Å². The van der Waals surface area contributed by atoms with Crippen molar-refractivity contribution in [3.63, 3.8) is 0 Å². The molecule has 0 fully saturated rings. The summed E-state index contributed by atoms with van der Waals surface area (Å²) in [6.45, 7) is 17.2. The lowest BCUT2D eigenvalue weighted by Gasteiger charge is -2.24.